The molecular formula is C29H20F3NO3. The first-order valence-corrected chi connectivity index (χ1v) is 11.6. The van der Waals surface area contributed by atoms with Gasteiger partial charge < -0.3 is 4.90 Å². The molecule has 1 fully saturated rings. The van der Waals surface area contributed by atoms with Crippen LogP contribution in [0, 0.1) is 5.41 Å². The number of nitrogens with zero attached hydrogens (tertiary/aromatic N) is 1. The van der Waals surface area contributed by atoms with E-state index >= 15 is 0 Å². The second-order valence-corrected chi connectivity index (χ2v) is 9.50. The lowest BCUT2D eigenvalue weighted by molar-refractivity contribution is -0.137. The summed E-state index contributed by atoms with van der Waals surface area (Å²) in [6, 6.07) is 16.7. The van der Waals surface area contributed by atoms with Crippen LogP contribution in [0.15, 0.2) is 78.9 Å². The Hall–Kier alpha value is -4.00. The van der Waals surface area contributed by atoms with Crippen molar-refractivity contribution in [3.05, 3.63) is 107 Å². The van der Waals surface area contributed by atoms with Crippen LogP contribution in [-0.2, 0) is 11.0 Å². The van der Waals surface area contributed by atoms with E-state index in [1.165, 1.54) is 19.1 Å². The minimum Gasteiger partial charge on any atom is -0.352 e. The van der Waals surface area contributed by atoms with E-state index in [9.17, 15) is 27.6 Å². The van der Waals surface area contributed by atoms with Gasteiger partial charge in [-0.25, -0.2) is 0 Å². The normalized spacial score (nSPS) is 23.6. The molecule has 1 saturated heterocycles. The maximum Gasteiger partial charge on any atom is 0.416 e. The third kappa shape index (κ3) is 2.80. The van der Waals surface area contributed by atoms with Gasteiger partial charge in [0.05, 0.1) is 17.6 Å². The zero-order valence-electron chi connectivity index (χ0n) is 19.1. The number of Topliss-reactive ketones (excluding diaryl/α,β-unsaturated/α-hetero) is 3. The Balaban J connectivity index is 1.64. The lowest BCUT2D eigenvalue weighted by atomic mass is 9.64. The molecule has 7 heteroatoms. The molecule has 180 valence electrons. The fourth-order valence-corrected chi connectivity index (χ4v) is 6.32. The molecule has 2 aliphatic heterocycles. The average molecular weight is 487 g/mol. The van der Waals surface area contributed by atoms with Gasteiger partial charge in [0.15, 0.2) is 17.3 Å². The van der Waals surface area contributed by atoms with E-state index in [1.54, 1.807) is 30.3 Å². The van der Waals surface area contributed by atoms with Crippen LogP contribution in [0.5, 0.6) is 0 Å². The first-order chi connectivity index (χ1) is 17.2. The van der Waals surface area contributed by atoms with Crippen LogP contribution in [0.1, 0.15) is 50.2 Å². The highest BCUT2D eigenvalue weighted by Gasteiger charge is 2.71. The van der Waals surface area contributed by atoms with Crippen molar-refractivity contribution < 1.29 is 27.6 Å². The molecule has 0 amide bonds. The Labute approximate surface area is 205 Å². The lowest BCUT2D eigenvalue weighted by Gasteiger charge is -2.37. The highest BCUT2D eigenvalue weighted by Crippen LogP contribution is 2.60. The van der Waals surface area contributed by atoms with Crippen molar-refractivity contribution in [1.82, 2.24) is 0 Å². The van der Waals surface area contributed by atoms with Crippen LogP contribution in [-0.4, -0.2) is 29.4 Å². The number of alkyl halides is 3. The van der Waals surface area contributed by atoms with Crippen molar-refractivity contribution in [2.75, 3.05) is 4.90 Å². The Bertz CT molecular complexity index is 1440. The van der Waals surface area contributed by atoms with Gasteiger partial charge in [0.25, 0.3) is 0 Å². The van der Waals surface area contributed by atoms with Crippen molar-refractivity contribution in [2.24, 2.45) is 5.41 Å². The molecule has 4 nitrogen and oxygen atoms in total. The molecule has 3 atom stereocenters. The van der Waals surface area contributed by atoms with Gasteiger partial charge in [0, 0.05) is 22.7 Å². The molecule has 0 N–H and O–H groups in total. The van der Waals surface area contributed by atoms with Crippen molar-refractivity contribution in [3.63, 3.8) is 0 Å². The van der Waals surface area contributed by atoms with Crippen LogP contribution < -0.4 is 4.90 Å². The molecule has 36 heavy (non-hydrogen) atoms. The van der Waals surface area contributed by atoms with E-state index in [1.807, 2.05) is 35.2 Å². The number of ketones is 3. The van der Waals surface area contributed by atoms with Gasteiger partial charge >= 0.3 is 6.18 Å². The quantitative estimate of drug-likeness (QED) is 0.434. The van der Waals surface area contributed by atoms with E-state index in [-0.39, 0.29) is 16.9 Å². The van der Waals surface area contributed by atoms with Crippen LogP contribution in [0.3, 0.4) is 0 Å². The number of para-hydroxylation sites is 1. The summed E-state index contributed by atoms with van der Waals surface area (Å²) >= 11 is 0. The minimum absolute atomic E-state index is 0.274. The number of benzene rings is 3. The number of carbonyl (C=O) groups is 3. The topological polar surface area (TPSA) is 54.5 Å². The summed E-state index contributed by atoms with van der Waals surface area (Å²) < 4.78 is 40.0. The van der Waals surface area contributed by atoms with Crippen molar-refractivity contribution in [1.29, 1.82) is 0 Å². The molecule has 3 aliphatic rings. The SMILES string of the molecule is CC(=O)[C@@H]1[C@H](c2ccc(C(F)(F)F)cc2)C2(C(=O)c3ccccc3C2=O)[C@@H]2C=Cc3ccccc3N12. The smallest absolute Gasteiger partial charge is 0.352 e. The molecule has 0 saturated carbocycles. The second-order valence-electron chi connectivity index (χ2n) is 9.50. The largest absolute Gasteiger partial charge is 0.416 e. The molecule has 6 rings (SSSR count). The van der Waals surface area contributed by atoms with E-state index in [4.69, 9.17) is 0 Å². The highest BCUT2D eigenvalue weighted by atomic mass is 19.4. The number of fused-ring (bicyclic) bond motifs is 5. The van der Waals surface area contributed by atoms with Crippen LogP contribution in [0.2, 0.25) is 0 Å². The van der Waals surface area contributed by atoms with E-state index in [0.29, 0.717) is 11.3 Å². The van der Waals surface area contributed by atoms with Gasteiger partial charge in [0.1, 0.15) is 5.41 Å². The fourth-order valence-electron chi connectivity index (χ4n) is 6.32. The molecule has 2 heterocycles. The maximum atomic E-state index is 14.2. The zero-order valence-corrected chi connectivity index (χ0v) is 19.1. The minimum atomic E-state index is -4.54. The number of rotatable bonds is 2. The van der Waals surface area contributed by atoms with Gasteiger partial charge in [-0.15, -0.1) is 0 Å². The van der Waals surface area contributed by atoms with E-state index < -0.39 is 46.7 Å². The van der Waals surface area contributed by atoms with Gasteiger partial charge in [-0.05, 0) is 36.2 Å². The van der Waals surface area contributed by atoms with Crippen molar-refractivity contribution in [3.8, 4) is 0 Å². The van der Waals surface area contributed by atoms with Gasteiger partial charge in [-0.1, -0.05) is 66.7 Å². The number of halogens is 3. The third-order valence-electron chi connectivity index (χ3n) is 7.73. The molecule has 0 radical (unpaired) electrons. The Kier molecular flexibility index (Phi) is 4.68. The van der Waals surface area contributed by atoms with E-state index in [2.05, 4.69) is 0 Å². The molecule has 1 aliphatic carbocycles. The van der Waals surface area contributed by atoms with Crippen LogP contribution in [0.25, 0.3) is 6.08 Å². The summed E-state index contributed by atoms with van der Waals surface area (Å²) in [7, 11) is 0. The average Bonchev–Trinajstić information content (AvgIpc) is 3.30. The fraction of sp³-hybridized carbons (Fsp3) is 0.207. The van der Waals surface area contributed by atoms with E-state index in [0.717, 1.165) is 17.7 Å². The number of hydrogen-bond acceptors (Lipinski definition) is 4. The number of carbonyl (C=O) groups excluding carboxylic acids is 3. The molecule has 0 aromatic heterocycles. The Morgan fingerprint density at radius 2 is 1.44 bits per heavy atom. The molecular weight excluding hydrogens is 467 g/mol. The monoisotopic (exact) mass is 487 g/mol. The summed E-state index contributed by atoms with van der Waals surface area (Å²) in [5.41, 5.74) is -0.101. The predicted octanol–water partition coefficient (Wildman–Crippen LogP) is 5.73. The Morgan fingerprint density at radius 3 is 2.03 bits per heavy atom. The highest BCUT2D eigenvalue weighted by molar-refractivity contribution is 6.32. The molecule has 3 aromatic carbocycles. The van der Waals surface area contributed by atoms with Crippen molar-refractivity contribution >= 4 is 29.1 Å². The number of hydrogen-bond donors (Lipinski definition) is 0. The first kappa shape index (κ1) is 22.5. The lowest BCUT2D eigenvalue weighted by Crippen LogP contribution is -2.48. The number of anilines is 1. The Morgan fingerprint density at radius 1 is 0.861 bits per heavy atom. The molecule has 1 spiro atoms. The molecule has 0 unspecified atom stereocenters. The summed E-state index contributed by atoms with van der Waals surface area (Å²) in [6.07, 6.45) is -0.918. The maximum absolute atomic E-state index is 14.2. The summed E-state index contributed by atoms with van der Waals surface area (Å²) in [5.74, 6) is -2.07. The van der Waals surface area contributed by atoms with Gasteiger partial charge in [-0.2, -0.15) is 13.2 Å². The second kappa shape index (κ2) is 7.50. The van der Waals surface area contributed by atoms with Crippen LogP contribution in [0.4, 0.5) is 18.9 Å². The standard InChI is InChI=1S/C29H20F3NO3/c1-16(34)25-24(18-10-13-19(14-11-18)29(30,31)32)28(26(35)20-7-3-4-8-21(20)27(28)36)23-15-12-17-6-2-5-9-22(17)33(23)25/h2-15,23-25H,1H3/t23-,24-,25+/m0/s1. The van der Waals surface area contributed by atoms with Gasteiger partial charge in [0.2, 0.25) is 0 Å². The predicted molar refractivity (Wildman–Crippen MR) is 128 cm³/mol. The summed E-state index contributed by atoms with van der Waals surface area (Å²) in [4.78, 5) is 43.5. The summed E-state index contributed by atoms with van der Waals surface area (Å²) in [5, 5.41) is 0. The summed E-state index contributed by atoms with van der Waals surface area (Å²) in [6.45, 7) is 1.40. The molecule has 0 bridgehead atoms. The van der Waals surface area contributed by atoms with Crippen molar-refractivity contribution in [2.45, 2.75) is 31.1 Å². The third-order valence-corrected chi connectivity index (χ3v) is 7.73. The van der Waals surface area contributed by atoms with Gasteiger partial charge in [-0.3, -0.25) is 14.4 Å². The van der Waals surface area contributed by atoms with Crippen LogP contribution >= 0.6 is 0 Å². The molecule has 3 aromatic rings. The zero-order chi connectivity index (χ0) is 25.4. The first-order valence-electron chi connectivity index (χ1n) is 11.6.